The number of hydrogen-bond acceptors (Lipinski definition) is 4. The van der Waals surface area contributed by atoms with Gasteiger partial charge in [0.2, 0.25) is 0 Å². The van der Waals surface area contributed by atoms with Crippen LogP contribution < -0.4 is 10.1 Å². The number of benzene rings is 2. The third-order valence-electron chi connectivity index (χ3n) is 3.97. The van der Waals surface area contributed by atoms with E-state index in [2.05, 4.69) is 5.32 Å². The molecule has 2 aromatic rings. The highest BCUT2D eigenvalue weighted by molar-refractivity contribution is 5.73. The summed E-state index contributed by atoms with van der Waals surface area (Å²) in [5, 5.41) is 12.9. The van der Waals surface area contributed by atoms with Gasteiger partial charge in [0, 0.05) is 13.6 Å². The maximum Gasteiger partial charge on any atom is 0.317 e. The zero-order chi connectivity index (χ0) is 20.4. The number of hydrogen-bond donors (Lipinski definition) is 2. The van der Waals surface area contributed by atoms with Gasteiger partial charge in [-0.2, -0.15) is 0 Å². The molecule has 0 fully saturated rings. The summed E-state index contributed by atoms with van der Waals surface area (Å²) < 4.78 is 11.2. The van der Waals surface area contributed by atoms with Gasteiger partial charge in [-0.25, -0.2) is 4.79 Å². The first-order valence-electron chi connectivity index (χ1n) is 9.48. The van der Waals surface area contributed by atoms with Crippen molar-refractivity contribution >= 4 is 6.03 Å². The van der Waals surface area contributed by atoms with E-state index in [0.717, 1.165) is 16.9 Å². The maximum atomic E-state index is 12.2. The zero-order valence-corrected chi connectivity index (χ0v) is 16.8. The molecule has 28 heavy (non-hydrogen) atoms. The second-order valence-corrected chi connectivity index (χ2v) is 7.01. The Bertz CT molecular complexity index is 721. The minimum atomic E-state index is -0.748. The molecule has 2 amide bonds. The Labute approximate surface area is 167 Å². The summed E-state index contributed by atoms with van der Waals surface area (Å²) in [7, 11) is 1.65. The first-order chi connectivity index (χ1) is 13.4. The minimum absolute atomic E-state index is 0.0987. The van der Waals surface area contributed by atoms with Crippen molar-refractivity contribution in [3.8, 4) is 5.75 Å². The molecule has 1 unspecified atom stereocenters. The van der Waals surface area contributed by atoms with Crippen molar-refractivity contribution in [3.63, 3.8) is 0 Å². The average molecular weight is 386 g/mol. The van der Waals surface area contributed by atoms with Gasteiger partial charge in [0.25, 0.3) is 0 Å². The van der Waals surface area contributed by atoms with E-state index in [1.807, 2.05) is 68.4 Å². The summed E-state index contributed by atoms with van der Waals surface area (Å²) in [4.78, 5) is 13.7. The standard InChI is InChI=1S/C22H30N2O4/c1-17(2)28-21-11-7-10-19(12-21)13-23-22(26)24(3)14-20(25)16-27-15-18-8-5-4-6-9-18/h4-12,17,20,25H,13-16H2,1-3H3,(H,23,26). The first-order valence-corrected chi connectivity index (χ1v) is 9.48. The molecule has 0 spiro atoms. The van der Waals surface area contributed by atoms with Gasteiger partial charge < -0.3 is 24.8 Å². The Morgan fingerprint density at radius 3 is 2.54 bits per heavy atom. The largest absolute Gasteiger partial charge is 0.491 e. The summed E-state index contributed by atoms with van der Waals surface area (Å²) in [6.07, 6.45) is -0.649. The number of rotatable bonds is 10. The van der Waals surface area contributed by atoms with E-state index in [0.29, 0.717) is 13.2 Å². The second kappa shape index (κ2) is 11.3. The van der Waals surface area contributed by atoms with Crippen LogP contribution in [-0.2, 0) is 17.9 Å². The third-order valence-corrected chi connectivity index (χ3v) is 3.97. The van der Waals surface area contributed by atoms with Crippen molar-refractivity contribution in [1.29, 1.82) is 0 Å². The Kier molecular flexibility index (Phi) is 8.78. The maximum absolute atomic E-state index is 12.2. The summed E-state index contributed by atoms with van der Waals surface area (Å²) in [6.45, 7) is 5.12. The molecule has 2 N–H and O–H groups in total. The summed E-state index contributed by atoms with van der Waals surface area (Å²) in [5.74, 6) is 0.779. The van der Waals surface area contributed by atoms with E-state index in [-0.39, 0.29) is 25.3 Å². The molecule has 0 radical (unpaired) electrons. The van der Waals surface area contributed by atoms with E-state index in [1.54, 1.807) is 7.05 Å². The second-order valence-electron chi connectivity index (χ2n) is 7.01. The molecular weight excluding hydrogens is 356 g/mol. The summed E-state index contributed by atoms with van der Waals surface area (Å²) in [5.41, 5.74) is 2.00. The molecule has 0 aliphatic rings. The van der Waals surface area contributed by atoms with Crippen LogP contribution in [0.4, 0.5) is 4.79 Å². The van der Waals surface area contributed by atoms with Crippen molar-refractivity contribution in [2.75, 3.05) is 20.2 Å². The van der Waals surface area contributed by atoms with E-state index in [1.165, 1.54) is 4.90 Å². The SMILES string of the molecule is CC(C)Oc1cccc(CNC(=O)N(C)CC(O)COCc2ccccc2)c1. The van der Waals surface area contributed by atoms with Crippen LogP contribution in [0.5, 0.6) is 5.75 Å². The van der Waals surface area contributed by atoms with Crippen molar-refractivity contribution in [2.24, 2.45) is 0 Å². The van der Waals surface area contributed by atoms with Crippen LogP contribution in [0.2, 0.25) is 0 Å². The van der Waals surface area contributed by atoms with Crippen LogP contribution in [0.15, 0.2) is 54.6 Å². The number of nitrogens with one attached hydrogen (secondary N) is 1. The molecule has 2 rings (SSSR count). The van der Waals surface area contributed by atoms with Gasteiger partial charge in [-0.15, -0.1) is 0 Å². The zero-order valence-electron chi connectivity index (χ0n) is 16.8. The Morgan fingerprint density at radius 1 is 1.11 bits per heavy atom. The van der Waals surface area contributed by atoms with E-state index >= 15 is 0 Å². The number of nitrogens with zero attached hydrogens (tertiary/aromatic N) is 1. The Balaban J connectivity index is 1.70. The highest BCUT2D eigenvalue weighted by atomic mass is 16.5. The lowest BCUT2D eigenvalue weighted by atomic mass is 10.2. The van der Waals surface area contributed by atoms with Crippen molar-refractivity contribution in [3.05, 3.63) is 65.7 Å². The Hall–Kier alpha value is -2.57. The molecule has 2 aromatic carbocycles. The molecule has 0 saturated carbocycles. The number of carbonyl (C=O) groups excluding carboxylic acids is 1. The number of likely N-dealkylation sites (N-methyl/N-ethyl adjacent to an activating group) is 1. The lowest BCUT2D eigenvalue weighted by molar-refractivity contribution is 0.0181. The van der Waals surface area contributed by atoms with Gasteiger partial charge in [-0.1, -0.05) is 42.5 Å². The third kappa shape index (κ3) is 7.98. The molecule has 0 aliphatic heterocycles. The summed E-state index contributed by atoms with van der Waals surface area (Å²) in [6, 6.07) is 17.1. The first kappa shape index (κ1) is 21.7. The van der Waals surface area contributed by atoms with Crippen LogP contribution in [0.1, 0.15) is 25.0 Å². The van der Waals surface area contributed by atoms with Crippen LogP contribution in [-0.4, -0.2) is 48.4 Å². The molecule has 0 aliphatic carbocycles. The smallest absolute Gasteiger partial charge is 0.317 e. The fourth-order valence-electron chi connectivity index (χ4n) is 2.65. The predicted octanol–water partition coefficient (Wildman–Crippen LogP) is 3.19. The normalized spacial score (nSPS) is 11.9. The van der Waals surface area contributed by atoms with Crippen LogP contribution in [0.25, 0.3) is 0 Å². The van der Waals surface area contributed by atoms with Gasteiger partial charge >= 0.3 is 6.03 Å². The number of urea groups is 1. The number of carbonyl (C=O) groups is 1. The van der Waals surface area contributed by atoms with E-state index < -0.39 is 6.10 Å². The molecule has 0 aromatic heterocycles. The minimum Gasteiger partial charge on any atom is -0.491 e. The molecule has 1 atom stereocenters. The van der Waals surface area contributed by atoms with Gasteiger partial charge in [0.05, 0.1) is 32.0 Å². The number of ether oxygens (including phenoxy) is 2. The molecule has 6 nitrogen and oxygen atoms in total. The topological polar surface area (TPSA) is 71.0 Å². The van der Waals surface area contributed by atoms with Gasteiger partial charge in [0.1, 0.15) is 5.75 Å². The Morgan fingerprint density at radius 2 is 1.82 bits per heavy atom. The van der Waals surface area contributed by atoms with Crippen molar-refractivity contribution in [2.45, 2.75) is 39.2 Å². The van der Waals surface area contributed by atoms with Gasteiger partial charge in [-0.3, -0.25) is 0 Å². The predicted molar refractivity (Wildman–Crippen MR) is 109 cm³/mol. The molecular formula is C22H30N2O4. The van der Waals surface area contributed by atoms with Crippen molar-refractivity contribution < 1.29 is 19.4 Å². The quantitative estimate of drug-likeness (QED) is 0.658. The van der Waals surface area contributed by atoms with Crippen LogP contribution in [0, 0.1) is 0 Å². The number of amides is 2. The molecule has 0 bridgehead atoms. The molecule has 6 heteroatoms. The summed E-state index contributed by atoms with van der Waals surface area (Å²) >= 11 is 0. The average Bonchev–Trinajstić information content (AvgIpc) is 2.66. The van der Waals surface area contributed by atoms with Crippen LogP contribution >= 0.6 is 0 Å². The van der Waals surface area contributed by atoms with E-state index in [9.17, 15) is 9.90 Å². The fourth-order valence-corrected chi connectivity index (χ4v) is 2.65. The monoisotopic (exact) mass is 386 g/mol. The molecule has 0 heterocycles. The van der Waals surface area contributed by atoms with E-state index in [4.69, 9.17) is 9.47 Å². The highest BCUT2D eigenvalue weighted by Gasteiger charge is 2.14. The van der Waals surface area contributed by atoms with Crippen LogP contribution in [0.3, 0.4) is 0 Å². The lowest BCUT2D eigenvalue weighted by Gasteiger charge is -2.21. The molecule has 0 saturated heterocycles. The van der Waals surface area contributed by atoms with Gasteiger partial charge in [-0.05, 0) is 37.1 Å². The van der Waals surface area contributed by atoms with Crippen molar-refractivity contribution in [1.82, 2.24) is 10.2 Å². The lowest BCUT2D eigenvalue weighted by Crippen LogP contribution is -2.42. The number of aliphatic hydroxyl groups is 1. The fraction of sp³-hybridized carbons (Fsp3) is 0.409. The highest BCUT2D eigenvalue weighted by Crippen LogP contribution is 2.14. The number of aliphatic hydroxyl groups excluding tert-OH is 1. The molecule has 152 valence electrons. The van der Waals surface area contributed by atoms with Gasteiger partial charge in [0.15, 0.2) is 0 Å².